The van der Waals surface area contributed by atoms with Crippen molar-refractivity contribution >= 4 is 11.6 Å². The van der Waals surface area contributed by atoms with Crippen LogP contribution in [0.15, 0.2) is 71.1 Å². The van der Waals surface area contributed by atoms with E-state index in [9.17, 15) is 4.79 Å². The lowest BCUT2D eigenvalue weighted by molar-refractivity contribution is 0.0992. The maximum atomic E-state index is 12.2. The van der Waals surface area contributed by atoms with Gasteiger partial charge in [0.25, 0.3) is 5.91 Å². The highest BCUT2D eigenvalue weighted by Crippen LogP contribution is 2.19. The molecule has 0 saturated heterocycles. The summed E-state index contributed by atoms with van der Waals surface area (Å²) in [6.45, 7) is 0.260. The van der Waals surface area contributed by atoms with Gasteiger partial charge in [0.2, 0.25) is 0 Å². The lowest BCUT2D eigenvalue weighted by atomic mass is 10.3. The first-order valence-electron chi connectivity index (χ1n) is 7.46. The Hall–Kier alpha value is -3.21. The Labute approximate surface area is 139 Å². The average Bonchev–Trinajstić information content (AvgIpc) is 3.10. The van der Waals surface area contributed by atoms with Crippen LogP contribution in [-0.2, 0) is 6.61 Å². The van der Waals surface area contributed by atoms with Gasteiger partial charge in [-0.3, -0.25) is 4.79 Å². The lowest BCUT2D eigenvalue weighted by Gasteiger charge is -2.05. The summed E-state index contributed by atoms with van der Waals surface area (Å²) in [6.07, 6.45) is 0. The van der Waals surface area contributed by atoms with Crippen LogP contribution in [-0.4, -0.2) is 13.0 Å². The van der Waals surface area contributed by atoms with E-state index < -0.39 is 0 Å². The van der Waals surface area contributed by atoms with Crippen molar-refractivity contribution in [2.24, 2.45) is 0 Å². The number of carbonyl (C=O) groups is 1. The minimum absolute atomic E-state index is 0.226. The van der Waals surface area contributed by atoms with Gasteiger partial charge in [0.15, 0.2) is 5.76 Å². The molecule has 0 saturated carbocycles. The molecule has 1 N–H and O–H groups in total. The van der Waals surface area contributed by atoms with Crippen molar-refractivity contribution in [3.8, 4) is 11.5 Å². The SMILES string of the molecule is COc1cccc(NC(=O)c2ccc(COc3ccccc3)o2)c1. The highest BCUT2D eigenvalue weighted by molar-refractivity contribution is 6.02. The molecule has 1 heterocycles. The van der Waals surface area contributed by atoms with Crippen LogP contribution in [0.4, 0.5) is 5.69 Å². The molecule has 0 aliphatic rings. The predicted molar refractivity (Wildman–Crippen MR) is 90.4 cm³/mol. The zero-order chi connectivity index (χ0) is 16.8. The largest absolute Gasteiger partial charge is 0.497 e. The van der Waals surface area contributed by atoms with Gasteiger partial charge in [-0.2, -0.15) is 0 Å². The van der Waals surface area contributed by atoms with E-state index in [4.69, 9.17) is 13.9 Å². The van der Waals surface area contributed by atoms with Gasteiger partial charge in [-0.15, -0.1) is 0 Å². The van der Waals surface area contributed by atoms with E-state index in [2.05, 4.69) is 5.32 Å². The number of rotatable bonds is 6. The summed E-state index contributed by atoms with van der Waals surface area (Å²) >= 11 is 0. The Morgan fingerprint density at radius 3 is 2.58 bits per heavy atom. The Morgan fingerprint density at radius 2 is 1.79 bits per heavy atom. The molecular weight excluding hydrogens is 306 g/mol. The van der Waals surface area contributed by atoms with Crippen molar-refractivity contribution in [3.05, 3.63) is 78.3 Å². The summed E-state index contributed by atoms with van der Waals surface area (Å²) in [5.74, 6) is 1.90. The van der Waals surface area contributed by atoms with E-state index in [1.807, 2.05) is 36.4 Å². The van der Waals surface area contributed by atoms with E-state index >= 15 is 0 Å². The standard InChI is InChI=1S/C19H17NO4/c1-22-16-9-5-6-14(12-16)20-19(21)18-11-10-17(24-18)13-23-15-7-3-2-4-8-15/h2-12H,13H2,1H3,(H,20,21). The smallest absolute Gasteiger partial charge is 0.291 e. The first kappa shape index (κ1) is 15.7. The fourth-order valence-electron chi connectivity index (χ4n) is 2.14. The van der Waals surface area contributed by atoms with Crippen LogP contribution >= 0.6 is 0 Å². The molecule has 3 aromatic rings. The van der Waals surface area contributed by atoms with Crippen LogP contribution in [0.2, 0.25) is 0 Å². The maximum Gasteiger partial charge on any atom is 0.291 e. The monoisotopic (exact) mass is 323 g/mol. The van der Waals surface area contributed by atoms with Gasteiger partial charge < -0.3 is 19.2 Å². The Bertz CT molecular complexity index is 811. The van der Waals surface area contributed by atoms with E-state index in [0.717, 1.165) is 5.75 Å². The van der Waals surface area contributed by atoms with Gasteiger partial charge in [-0.1, -0.05) is 24.3 Å². The van der Waals surface area contributed by atoms with Crippen molar-refractivity contribution in [2.45, 2.75) is 6.61 Å². The van der Waals surface area contributed by atoms with Crippen molar-refractivity contribution < 1.29 is 18.7 Å². The molecule has 1 amide bonds. The van der Waals surface area contributed by atoms with Crippen molar-refractivity contribution in [1.29, 1.82) is 0 Å². The number of furan rings is 1. The Kier molecular flexibility index (Phi) is 4.81. The molecule has 1 aromatic heterocycles. The van der Waals surface area contributed by atoms with E-state index in [1.165, 1.54) is 0 Å². The second-order valence-corrected chi connectivity index (χ2v) is 5.05. The third-order valence-electron chi connectivity index (χ3n) is 3.34. The molecule has 5 nitrogen and oxygen atoms in total. The molecule has 0 atom stereocenters. The average molecular weight is 323 g/mol. The molecule has 0 spiro atoms. The molecule has 0 unspecified atom stereocenters. The van der Waals surface area contributed by atoms with E-state index in [-0.39, 0.29) is 18.3 Å². The van der Waals surface area contributed by atoms with Gasteiger partial charge in [0.05, 0.1) is 7.11 Å². The van der Waals surface area contributed by atoms with Crippen molar-refractivity contribution in [1.82, 2.24) is 0 Å². The van der Waals surface area contributed by atoms with Gasteiger partial charge in [0.1, 0.15) is 23.9 Å². The summed E-state index contributed by atoms with van der Waals surface area (Å²) in [5.41, 5.74) is 0.637. The second kappa shape index (κ2) is 7.37. The fourth-order valence-corrected chi connectivity index (χ4v) is 2.14. The summed E-state index contributed by atoms with van der Waals surface area (Å²) in [4.78, 5) is 12.2. The molecular formula is C19H17NO4. The number of hydrogen-bond donors (Lipinski definition) is 1. The molecule has 3 rings (SSSR count). The fraction of sp³-hybridized carbons (Fsp3) is 0.105. The number of amides is 1. The Balaban J connectivity index is 1.61. The molecule has 24 heavy (non-hydrogen) atoms. The van der Waals surface area contributed by atoms with Gasteiger partial charge >= 0.3 is 0 Å². The normalized spacial score (nSPS) is 10.2. The maximum absolute atomic E-state index is 12.2. The van der Waals surface area contributed by atoms with Gasteiger partial charge in [0, 0.05) is 11.8 Å². The molecule has 0 bridgehead atoms. The number of carbonyl (C=O) groups excluding carboxylic acids is 1. The number of methoxy groups -OCH3 is 1. The van der Waals surface area contributed by atoms with Crippen LogP contribution in [0.1, 0.15) is 16.3 Å². The second-order valence-electron chi connectivity index (χ2n) is 5.05. The number of nitrogens with one attached hydrogen (secondary N) is 1. The van der Waals surface area contributed by atoms with Gasteiger partial charge in [-0.25, -0.2) is 0 Å². The molecule has 5 heteroatoms. The van der Waals surface area contributed by atoms with Crippen LogP contribution in [0.25, 0.3) is 0 Å². The zero-order valence-corrected chi connectivity index (χ0v) is 13.2. The molecule has 0 radical (unpaired) electrons. The highest BCUT2D eigenvalue weighted by atomic mass is 16.5. The minimum Gasteiger partial charge on any atom is -0.497 e. The van der Waals surface area contributed by atoms with Crippen molar-refractivity contribution in [2.75, 3.05) is 12.4 Å². The van der Waals surface area contributed by atoms with Crippen molar-refractivity contribution in [3.63, 3.8) is 0 Å². The quantitative estimate of drug-likeness (QED) is 0.741. The zero-order valence-electron chi connectivity index (χ0n) is 13.2. The summed E-state index contributed by atoms with van der Waals surface area (Å²) in [6, 6.07) is 19.9. The Morgan fingerprint density at radius 1 is 1.00 bits per heavy atom. The first-order valence-corrected chi connectivity index (χ1v) is 7.46. The number of ether oxygens (including phenoxy) is 2. The molecule has 122 valence electrons. The summed E-state index contributed by atoms with van der Waals surface area (Å²) in [5, 5.41) is 2.77. The highest BCUT2D eigenvalue weighted by Gasteiger charge is 2.12. The van der Waals surface area contributed by atoms with Crippen LogP contribution < -0.4 is 14.8 Å². The van der Waals surface area contributed by atoms with Gasteiger partial charge in [-0.05, 0) is 36.4 Å². The molecule has 2 aromatic carbocycles. The van der Waals surface area contributed by atoms with E-state index in [1.54, 1.807) is 37.4 Å². The third kappa shape index (κ3) is 3.95. The van der Waals surface area contributed by atoms with Crippen LogP contribution in [0.5, 0.6) is 11.5 Å². The molecule has 0 aliphatic carbocycles. The first-order chi connectivity index (χ1) is 11.7. The molecule has 0 fully saturated rings. The number of benzene rings is 2. The number of hydrogen-bond acceptors (Lipinski definition) is 4. The minimum atomic E-state index is -0.325. The number of para-hydroxylation sites is 1. The molecule has 0 aliphatic heterocycles. The predicted octanol–water partition coefficient (Wildman–Crippen LogP) is 4.12. The summed E-state index contributed by atoms with van der Waals surface area (Å²) < 4.78 is 16.2. The van der Waals surface area contributed by atoms with Crippen LogP contribution in [0.3, 0.4) is 0 Å². The third-order valence-corrected chi connectivity index (χ3v) is 3.34. The van der Waals surface area contributed by atoms with Crippen LogP contribution in [0, 0.1) is 0 Å². The summed E-state index contributed by atoms with van der Waals surface area (Å²) in [7, 11) is 1.58. The van der Waals surface area contributed by atoms with E-state index in [0.29, 0.717) is 17.2 Å². The lowest BCUT2D eigenvalue weighted by Crippen LogP contribution is -2.10. The number of anilines is 1. The topological polar surface area (TPSA) is 60.7 Å².